The van der Waals surface area contributed by atoms with Crippen LogP contribution in [-0.4, -0.2) is 21.6 Å². The molecule has 1 atom stereocenters. The van der Waals surface area contributed by atoms with Gasteiger partial charge in [-0.25, -0.2) is 0 Å². The van der Waals surface area contributed by atoms with E-state index < -0.39 is 6.04 Å². The Morgan fingerprint density at radius 1 is 0.962 bits per heavy atom. The summed E-state index contributed by atoms with van der Waals surface area (Å²) < 4.78 is 0. The molecule has 2 heterocycles. The van der Waals surface area contributed by atoms with Crippen LogP contribution >= 0.6 is 0 Å². The number of pyridine rings is 2. The second kappa shape index (κ2) is 8.53. The molecule has 26 heavy (non-hydrogen) atoms. The average Bonchev–Trinajstić information content (AvgIpc) is 2.72. The monoisotopic (exact) mass is 345 g/mol. The summed E-state index contributed by atoms with van der Waals surface area (Å²) in [4.78, 5) is 21.1. The minimum absolute atomic E-state index is 0.000334. The van der Waals surface area contributed by atoms with Crippen LogP contribution in [0.5, 0.6) is 0 Å². The zero-order chi connectivity index (χ0) is 18.2. The SMILES string of the molecule is N/C(=N\NC(CC(=O)c1ccccc1)c1ccccn1)c1ccccn1. The quantitative estimate of drug-likeness (QED) is 0.297. The fourth-order valence-electron chi connectivity index (χ4n) is 2.44. The van der Waals surface area contributed by atoms with Crippen molar-refractivity contribution in [3.05, 3.63) is 96.1 Å². The van der Waals surface area contributed by atoms with Crippen molar-refractivity contribution in [1.82, 2.24) is 15.4 Å². The Kier molecular flexibility index (Phi) is 5.67. The van der Waals surface area contributed by atoms with Gasteiger partial charge in [-0.3, -0.25) is 20.2 Å². The molecule has 0 saturated carbocycles. The Morgan fingerprint density at radius 2 is 1.65 bits per heavy atom. The van der Waals surface area contributed by atoms with E-state index in [-0.39, 0.29) is 18.0 Å². The molecule has 0 spiro atoms. The first-order valence-electron chi connectivity index (χ1n) is 8.23. The lowest BCUT2D eigenvalue weighted by atomic mass is 10.0. The molecule has 0 bridgehead atoms. The molecule has 0 fully saturated rings. The van der Waals surface area contributed by atoms with Gasteiger partial charge in [-0.1, -0.05) is 42.5 Å². The number of hydrazone groups is 1. The van der Waals surface area contributed by atoms with Crippen LogP contribution in [0.4, 0.5) is 0 Å². The zero-order valence-corrected chi connectivity index (χ0v) is 14.1. The number of nitrogens with one attached hydrogen (secondary N) is 1. The third-order valence-electron chi connectivity index (χ3n) is 3.80. The number of nitrogens with two attached hydrogens (primary N) is 1. The first-order chi connectivity index (χ1) is 12.7. The summed E-state index contributed by atoms with van der Waals surface area (Å²) in [6, 6.07) is 19.7. The van der Waals surface area contributed by atoms with E-state index in [9.17, 15) is 4.79 Å². The number of amidine groups is 1. The maximum absolute atomic E-state index is 12.6. The number of ketones is 1. The lowest BCUT2D eigenvalue weighted by Gasteiger charge is -2.16. The number of hydrogen-bond acceptors (Lipinski definition) is 5. The Labute approximate surface area is 151 Å². The van der Waals surface area contributed by atoms with Crippen molar-refractivity contribution in [2.24, 2.45) is 10.8 Å². The summed E-state index contributed by atoms with van der Waals surface area (Å²) in [6.07, 6.45) is 3.54. The molecule has 130 valence electrons. The molecule has 0 saturated heterocycles. The molecule has 3 aromatic rings. The van der Waals surface area contributed by atoms with E-state index in [1.165, 1.54) is 0 Å². The maximum Gasteiger partial charge on any atom is 0.169 e. The molecule has 3 N–H and O–H groups in total. The van der Waals surface area contributed by atoms with Crippen molar-refractivity contribution < 1.29 is 4.79 Å². The minimum atomic E-state index is -0.397. The molecule has 2 aromatic heterocycles. The topological polar surface area (TPSA) is 93.3 Å². The number of carbonyl (C=O) groups is 1. The first kappa shape index (κ1) is 17.3. The second-order valence-corrected chi connectivity index (χ2v) is 5.64. The standard InChI is InChI=1S/C20H19N5O/c21-20(17-11-5-7-13-23-17)25-24-18(16-10-4-6-12-22-16)14-19(26)15-8-2-1-3-9-15/h1-13,18,24H,14H2,(H2,21,25). The van der Waals surface area contributed by atoms with Gasteiger partial charge in [0.1, 0.15) is 5.69 Å². The van der Waals surface area contributed by atoms with Crippen molar-refractivity contribution in [3.63, 3.8) is 0 Å². The van der Waals surface area contributed by atoms with Gasteiger partial charge in [-0.2, -0.15) is 5.10 Å². The largest absolute Gasteiger partial charge is 0.380 e. The molecular formula is C20H19N5O. The van der Waals surface area contributed by atoms with Crippen LogP contribution in [0.25, 0.3) is 0 Å². The van der Waals surface area contributed by atoms with E-state index >= 15 is 0 Å². The van der Waals surface area contributed by atoms with Gasteiger partial charge in [0.2, 0.25) is 0 Å². The fourth-order valence-corrected chi connectivity index (χ4v) is 2.44. The predicted octanol–water partition coefficient (Wildman–Crippen LogP) is 2.70. The number of Topliss-reactive ketones (excluding diaryl/α,β-unsaturated/α-hetero) is 1. The van der Waals surface area contributed by atoms with Crippen LogP contribution in [0.1, 0.15) is 34.2 Å². The Hall–Kier alpha value is -3.54. The second-order valence-electron chi connectivity index (χ2n) is 5.64. The van der Waals surface area contributed by atoms with E-state index in [0.717, 1.165) is 0 Å². The molecule has 0 aliphatic heterocycles. The van der Waals surface area contributed by atoms with Crippen molar-refractivity contribution in [3.8, 4) is 0 Å². The van der Waals surface area contributed by atoms with E-state index in [1.54, 1.807) is 36.7 Å². The third kappa shape index (κ3) is 4.51. The van der Waals surface area contributed by atoms with Crippen molar-refractivity contribution in [2.75, 3.05) is 0 Å². The molecule has 0 aliphatic rings. The van der Waals surface area contributed by atoms with Crippen LogP contribution in [0.15, 0.2) is 84.2 Å². The van der Waals surface area contributed by atoms with Gasteiger partial charge in [-0.05, 0) is 24.3 Å². The van der Waals surface area contributed by atoms with E-state index in [2.05, 4.69) is 20.5 Å². The zero-order valence-electron chi connectivity index (χ0n) is 14.1. The lowest BCUT2D eigenvalue weighted by Crippen LogP contribution is -2.25. The van der Waals surface area contributed by atoms with Crippen LogP contribution in [-0.2, 0) is 0 Å². The van der Waals surface area contributed by atoms with Crippen LogP contribution in [0.2, 0.25) is 0 Å². The molecule has 1 aromatic carbocycles. The number of nitrogens with zero attached hydrogens (tertiary/aromatic N) is 3. The summed E-state index contributed by atoms with van der Waals surface area (Å²) in [7, 11) is 0. The number of carbonyl (C=O) groups excluding carboxylic acids is 1. The Balaban J connectivity index is 1.79. The van der Waals surface area contributed by atoms with Gasteiger partial charge in [0, 0.05) is 24.4 Å². The predicted molar refractivity (Wildman–Crippen MR) is 100 cm³/mol. The summed E-state index contributed by atoms with van der Waals surface area (Å²) in [5, 5.41) is 4.21. The Bertz CT molecular complexity index is 866. The molecule has 1 unspecified atom stereocenters. The van der Waals surface area contributed by atoms with Gasteiger partial charge in [-0.15, -0.1) is 0 Å². The molecular weight excluding hydrogens is 326 g/mol. The highest BCUT2D eigenvalue weighted by atomic mass is 16.1. The van der Waals surface area contributed by atoms with E-state index in [0.29, 0.717) is 17.0 Å². The third-order valence-corrected chi connectivity index (χ3v) is 3.80. The number of benzene rings is 1. The average molecular weight is 345 g/mol. The van der Waals surface area contributed by atoms with E-state index in [4.69, 9.17) is 5.73 Å². The molecule has 0 amide bonds. The summed E-state index contributed by atoms with van der Waals surface area (Å²) in [6.45, 7) is 0. The Morgan fingerprint density at radius 3 is 2.31 bits per heavy atom. The van der Waals surface area contributed by atoms with Crippen LogP contribution in [0, 0.1) is 0 Å². The van der Waals surface area contributed by atoms with Crippen molar-refractivity contribution >= 4 is 11.6 Å². The van der Waals surface area contributed by atoms with Gasteiger partial charge in [0.25, 0.3) is 0 Å². The van der Waals surface area contributed by atoms with Gasteiger partial charge in [0.15, 0.2) is 11.6 Å². The lowest BCUT2D eigenvalue weighted by molar-refractivity contribution is 0.0968. The summed E-state index contributed by atoms with van der Waals surface area (Å²) in [5.74, 6) is 0.249. The number of aromatic nitrogens is 2. The number of hydrogen-bond donors (Lipinski definition) is 2. The summed E-state index contributed by atoms with van der Waals surface area (Å²) >= 11 is 0. The highest BCUT2D eigenvalue weighted by Gasteiger charge is 2.18. The normalized spacial score (nSPS) is 12.4. The molecule has 0 radical (unpaired) electrons. The van der Waals surface area contributed by atoms with Crippen molar-refractivity contribution in [2.45, 2.75) is 12.5 Å². The molecule has 0 aliphatic carbocycles. The number of rotatable bonds is 7. The minimum Gasteiger partial charge on any atom is -0.380 e. The summed E-state index contributed by atoms with van der Waals surface area (Å²) in [5.41, 5.74) is 10.9. The highest BCUT2D eigenvalue weighted by molar-refractivity contribution is 5.97. The smallest absolute Gasteiger partial charge is 0.169 e. The van der Waals surface area contributed by atoms with Crippen molar-refractivity contribution in [1.29, 1.82) is 0 Å². The van der Waals surface area contributed by atoms with Gasteiger partial charge < -0.3 is 5.73 Å². The van der Waals surface area contributed by atoms with Crippen LogP contribution < -0.4 is 11.2 Å². The molecule has 6 nitrogen and oxygen atoms in total. The highest BCUT2D eigenvalue weighted by Crippen LogP contribution is 2.17. The fraction of sp³-hybridized carbons (Fsp3) is 0.100. The maximum atomic E-state index is 12.6. The van der Waals surface area contributed by atoms with Crippen LogP contribution in [0.3, 0.4) is 0 Å². The van der Waals surface area contributed by atoms with Gasteiger partial charge in [0.05, 0.1) is 11.7 Å². The first-order valence-corrected chi connectivity index (χ1v) is 8.23. The molecule has 3 rings (SSSR count). The molecule has 6 heteroatoms. The van der Waals surface area contributed by atoms with E-state index in [1.807, 2.05) is 42.5 Å². The van der Waals surface area contributed by atoms with Gasteiger partial charge >= 0.3 is 0 Å².